The first-order valence-corrected chi connectivity index (χ1v) is 8.89. The molecular weight excluding hydrogens is 324 g/mol. The Hall–Kier alpha value is -1.44. The van der Waals surface area contributed by atoms with E-state index in [1.165, 1.54) is 16.0 Å². The molecule has 0 aliphatic heterocycles. The zero-order valence-corrected chi connectivity index (χ0v) is 13.6. The van der Waals surface area contributed by atoms with Gasteiger partial charge >= 0.3 is 5.97 Å². The third-order valence-corrected chi connectivity index (χ3v) is 6.37. The van der Waals surface area contributed by atoms with Crippen molar-refractivity contribution < 1.29 is 9.90 Å². The standard InChI is InChI=1S/C14H12N2O2S3/c1-8-11(6-13(17)18)21-14(15-8)19-7-12-16-9-4-2-3-5-10(9)20-12/h2-5H,6-7H2,1H3,(H,17,18). The molecule has 2 aromatic heterocycles. The van der Waals surface area contributed by atoms with Gasteiger partial charge in [0.05, 0.1) is 28.1 Å². The topological polar surface area (TPSA) is 63.1 Å². The minimum absolute atomic E-state index is 0.0468. The van der Waals surface area contributed by atoms with Crippen molar-refractivity contribution in [2.45, 2.75) is 23.4 Å². The number of para-hydroxylation sites is 1. The van der Waals surface area contributed by atoms with Crippen molar-refractivity contribution in [1.82, 2.24) is 9.97 Å². The van der Waals surface area contributed by atoms with E-state index in [9.17, 15) is 4.79 Å². The van der Waals surface area contributed by atoms with Crippen LogP contribution in [0.5, 0.6) is 0 Å². The Morgan fingerprint density at radius 1 is 1.29 bits per heavy atom. The summed E-state index contributed by atoms with van der Waals surface area (Å²) in [7, 11) is 0. The monoisotopic (exact) mass is 336 g/mol. The number of rotatable bonds is 5. The lowest BCUT2D eigenvalue weighted by atomic mass is 10.3. The van der Waals surface area contributed by atoms with Gasteiger partial charge in [-0.05, 0) is 19.1 Å². The van der Waals surface area contributed by atoms with E-state index in [4.69, 9.17) is 5.11 Å². The average Bonchev–Trinajstić information content (AvgIpc) is 2.99. The highest BCUT2D eigenvalue weighted by Gasteiger charge is 2.12. The molecular formula is C14H12N2O2S3. The summed E-state index contributed by atoms with van der Waals surface area (Å²) in [6.07, 6.45) is 0.0468. The van der Waals surface area contributed by atoms with E-state index < -0.39 is 5.97 Å². The van der Waals surface area contributed by atoms with Crippen LogP contribution in [0.15, 0.2) is 28.6 Å². The van der Waals surface area contributed by atoms with Gasteiger partial charge in [-0.3, -0.25) is 4.79 Å². The number of carbonyl (C=O) groups is 1. The SMILES string of the molecule is Cc1nc(SCc2nc3ccccc3s2)sc1CC(=O)O. The highest BCUT2D eigenvalue weighted by Crippen LogP contribution is 2.32. The molecule has 1 aromatic carbocycles. The highest BCUT2D eigenvalue weighted by atomic mass is 32.2. The van der Waals surface area contributed by atoms with Gasteiger partial charge in [0.2, 0.25) is 0 Å². The van der Waals surface area contributed by atoms with Crippen LogP contribution in [-0.2, 0) is 17.0 Å². The molecule has 4 nitrogen and oxygen atoms in total. The smallest absolute Gasteiger partial charge is 0.308 e. The molecule has 21 heavy (non-hydrogen) atoms. The van der Waals surface area contributed by atoms with Crippen LogP contribution in [0.25, 0.3) is 10.2 Å². The van der Waals surface area contributed by atoms with Crippen LogP contribution in [0, 0.1) is 6.92 Å². The van der Waals surface area contributed by atoms with Crippen molar-refractivity contribution in [2.75, 3.05) is 0 Å². The van der Waals surface area contributed by atoms with Gasteiger partial charge in [-0.25, -0.2) is 9.97 Å². The number of aromatic nitrogens is 2. The molecule has 0 aliphatic carbocycles. The van der Waals surface area contributed by atoms with Crippen LogP contribution in [0.3, 0.4) is 0 Å². The fourth-order valence-corrected chi connectivity index (χ4v) is 5.05. The van der Waals surface area contributed by atoms with E-state index in [1.807, 2.05) is 25.1 Å². The molecule has 0 radical (unpaired) electrons. The normalized spacial score (nSPS) is 11.1. The molecule has 2 heterocycles. The zero-order chi connectivity index (χ0) is 14.8. The van der Waals surface area contributed by atoms with Crippen LogP contribution in [0.1, 0.15) is 15.6 Å². The fourth-order valence-electron chi connectivity index (χ4n) is 1.87. The lowest BCUT2D eigenvalue weighted by Gasteiger charge is -1.92. The first-order chi connectivity index (χ1) is 10.1. The van der Waals surface area contributed by atoms with Crippen molar-refractivity contribution in [1.29, 1.82) is 0 Å². The van der Waals surface area contributed by atoms with Crippen LogP contribution in [-0.4, -0.2) is 21.0 Å². The molecule has 0 unspecified atom stereocenters. The molecule has 0 saturated heterocycles. The van der Waals surface area contributed by atoms with Crippen LogP contribution >= 0.6 is 34.4 Å². The number of carboxylic acid groups (broad SMARTS) is 1. The summed E-state index contributed by atoms with van der Waals surface area (Å²) in [5, 5.41) is 9.92. The van der Waals surface area contributed by atoms with Gasteiger partial charge in [-0.1, -0.05) is 23.9 Å². The summed E-state index contributed by atoms with van der Waals surface area (Å²) < 4.78 is 2.10. The van der Waals surface area contributed by atoms with Gasteiger partial charge in [0, 0.05) is 4.88 Å². The maximum absolute atomic E-state index is 10.8. The number of fused-ring (bicyclic) bond motifs is 1. The van der Waals surface area contributed by atoms with Crippen molar-refractivity contribution in [2.24, 2.45) is 0 Å². The minimum Gasteiger partial charge on any atom is -0.481 e. The van der Waals surface area contributed by atoms with Crippen LogP contribution in [0.4, 0.5) is 0 Å². The third kappa shape index (κ3) is 3.42. The predicted octanol–water partition coefficient (Wildman–Crippen LogP) is 3.98. The zero-order valence-electron chi connectivity index (χ0n) is 11.2. The molecule has 0 aliphatic rings. The third-order valence-electron chi connectivity index (χ3n) is 2.84. The Kier molecular flexibility index (Phi) is 4.23. The molecule has 0 atom stereocenters. The Morgan fingerprint density at radius 3 is 2.86 bits per heavy atom. The largest absolute Gasteiger partial charge is 0.481 e. The second kappa shape index (κ2) is 6.13. The van der Waals surface area contributed by atoms with E-state index in [-0.39, 0.29) is 6.42 Å². The number of carboxylic acids is 1. The van der Waals surface area contributed by atoms with Crippen molar-refractivity contribution in [3.8, 4) is 0 Å². The van der Waals surface area contributed by atoms with Gasteiger partial charge in [-0.2, -0.15) is 0 Å². The van der Waals surface area contributed by atoms with E-state index in [1.54, 1.807) is 23.1 Å². The van der Waals surface area contributed by atoms with E-state index in [0.29, 0.717) is 0 Å². The molecule has 0 spiro atoms. The first-order valence-electron chi connectivity index (χ1n) is 6.27. The second-order valence-electron chi connectivity index (χ2n) is 4.42. The number of hydrogen-bond donors (Lipinski definition) is 1. The van der Waals surface area contributed by atoms with Crippen molar-refractivity contribution >= 4 is 50.6 Å². The molecule has 1 N–H and O–H groups in total. The summed E-state index contributed by atoms with van der Waals surface area (Å²) in [5.41, 5.74) is 1.84. The molecule has 108 valence electrons. The van der Waals surface area contributed by atoms with Crippen molar-refractivity contribution in [3.63, 3.8) is 0 Å². The number of aliphatic carboxylic acids is 1. The predicted molar refractivity (Wildman–Crippen MR) is 87.4 cm³/mol. The fraction of sp³-hybridized carbons (Fsp3) is 0.214. The van der Waals surface area contributed by atoms with Crippen LogP contribution in [0.2, 0.25) is 0 Å². The quantitative estimate of drug-likeness (QED) is 0.714. The molecule has 0 bridgehead atoms. The molecule has 7 heteroatoms. The summed E-state index contributed by atoms with van der Waals surface area (Å²) in [4.78, 5) is 20.6. The van der Waals surface area contributed by atoms with Gasteiger partial charge in [0.1, 0.15) is 5.01 Å². The molecule has 0 fully saturated rings. The minimum atomic E-state index is -0.815. The average molecular weight is 336 g/mol. The van der Waals surface area contributed by atoms with Gasteiger partial charge in [-0.15, -0.1) is 22.7 Å². The molecule has 3 rings (SSSR count). The Labute approximate surface area is 133 Å². The Balaban J connectivity index is 1.71. The maximum atomic E-state index is 10.8. The lowest BCUT2D eigenvalue weighted by molar-refractivity contribution is -0.136. The number of hydrogen-bond acceptors (Lipinski definition) is 6. The number of thiazole rings is 2. The summed E-state index contributed by atoms with van der Waals surface area (Å²) in [5.74, 6) is -0.0526. The number of thioether (sulfide) groups is 1. The van der Waals surface area contributed by atoms with E-state index in [0.717, 1.165) is 31.2 Å². The first kappa shape index (κ1) is 14.5. The Bertz CT molecular complexity index is 761. The van der Waals surface area contributed by atoms with Crippen LogP contribution < -0.4 is 0 Å². The maximum Gasteiger partial charge on any atom is 0.308 e. The number of aryl methyl sites for hydroxylation is 1. The summed E-state index contributed by atoms with van der Waals surface area (Å²) in [6.45, 7) is 1.86. The molecule has 0 amide bonds. The number of nitrogens with zero attached hydrogens (tertiary/aromatic N) is 2. The van der Waals surface area contributed by atoms with Gasteiger partial charge in [0.25, 0.3) is 0 Å². The number of benzene rings is 1. The van der Waals surface area contributed by atoms with Crippen molar-refractivity contribution in [3.05, 3.63) is 39.8 Å². The highest BCUT2D eigenvalue weighted by molar-refractivity contribution is 8.00. The van der Waals surface area contributed by atoms with E-state index >= 15 is 0 Å². The summed E-state index contributed by atoms with van der Waals surface area (Å²) in [6, 6.07) is 8.08. The summed E-state index contributed by atoms with van der Waals surface area (Å²) >= 11 is 4.76. The van der Waals surface area contributed by atoms with E-state index in [2.05, 4.69) is 16.0 Å². The second-order valence-corrected chi connectivity index (χ2v) is 7.84. The molecule has 0 saturated carbocycles. The molecule has 3 aromatic rings. The van der Waals surface area contributed by atoms with Gasteiger partial charge in [0.15, 0.2) is 4.34 Å². The van der Waals surface area contributed by atoms with Gasteiger partial charge < -0.3 is 5.11 Å². The lowest BCUT2D eigenvalue weighted by Crippen LogP contribution is -1.99. The Morgan fingerprint density at radius 2 is 2.10 bits per heavy atom.